The van der Waals surface area contributed by atoms with Gasteiger partial charge >= 0.3 is 0 Å². The number of anilines is 2. The molecule has 0 saturated carbocycles. The van der Waals surface area contributed by atoms with Crippen LogP contribution in [0, 0.1) is 13.8 Å². The number of aryl methyl sites for hydroxylation is 2. The van der Waals surface area contributed by atoms with Crippen molar-refractivity contribution >= 4 is 33.0 Å². The van der Waals surface area contributed by atoms with Crippen LogP contribution in [0.25, 0.3) is 0 Å². The highest BCUT2D eigenvalue weighted by molar-refractivity contribution is 7.92. The number of benzene rings is 2. The second-order valence-electron chi connectivity index (χ2n) is 6.96. The molecule has 1 heterocycles. The minimum Gasteiger partial charge on any atom is -0.367 e. The average Bonchev–Trinajstić information content (AvgIpc) is 2.61. The maximum absolute atomic E-state index is 13.0. The molecule has 146 valence electrons. The van der Waals surface area contributed by atoms with Crippen molar-refractivity contribution in [2.45, 2.75) is 25.7 Å². The summed E-state index contributed by atoms with van der Waals surface area (Å²) in [6, 6.07) is 10.7. The summed E-state index contributed by atoms with van der Waals surface area (Å²) in [6.45, 7) is 10.6. The van der Waals surface area contributed by atoms with E-state index in [2.05, 4.69) is 21.4 Å². The Kier molecular flexibility index (Phi) is 5.99. The number of hydrogen-bond donors (Lipinski definition) is 1. The van der Waals surface area contributed by atoms with Gasteiger partial charge in [0.25, 0.3) is 10.0 Å². The molecule has 0 unspecified atom stereocenters. The van der Waals surface area contributed by atoms with Gasteiger partial charge in [0.2, 0.25) is 0 Å². The molecule has 0 bridgehead atoms. The molecule has 0 radical (unpaired) electrons. The van der Waals surface area contributed by atoms with Crippen LogP contribution in [0.2, 0.25) is 5.02 Å². The second-order valence-corrected chi connectivity index (χ2v) is 9.04. The zero-order valence-corrected chi connectivity index (χ0v) is 17.6. The SMILES string of the molecule is CCN1CCN(c2ccc(Cl)cc2NS(=O)(=O)c2ccc(C)cc2C)CC1. The summed E-state index contributed by atoms with van der Waals surface area (Å²) in [5.74, 6) is 0. The van der Waals surface area contributed by atoms with Gasteiger partial charge in [0.05, 0.1) is 16.3 Å². The van der Waals surface area contributed by atoms with Crippen molar-refractivity contribution < 1.29 is 8.42 Å². The molecule has 1 aliphatic heterocycles. The van der Waals surface area contributed by atoms with Gasteiger partial charge in [-0.05, 0) is 50.2 Å². The highest BCUT2D eigenvalue weighted by Crippen LogP contribution is 2.32. The lowest BCUT2D eigenvalue weighted by atomic mass is 10.2. The van der Waals surface area contributed by atoms with Crippen LogP contribution < -0.4 is 9.62 Å². The van der Waals surface area contributed by atoms with Crippen LogP contribution in [0.15, 0.2) is 41.3 Å². The van der Waals surface area contributed by atoms with Gasteiger partial charge in [0.15, 0.2) is 0 Å². The summed E-state index contributed by atoms with van der Waals surface area (Å²) in [6.07, 6.45) is 0. The van der Waals surface area contributed by atoms with Gasteiger partial charge in [-0.15, -0.1) is 0 Å². The second kappa shape index (κ2) is 8.09. The van der Waals surface area contributed by atoms with Crippen LogP contribution >= 0.6 is 11.6 Å². The van der Waals surface area contributed by atoms with Gasteiger partial charge < -0.3 is 9.80 Å². The molecule has 2 aromatic rings. The summed E-state index contributed by atoms with van der Waals surface area (Å²) in [4.78, 5) is 4.88. The highest BCUT2D eigenvalue weighted by Gasteiger charge is 2.22. The fraction of sp³-hybridized carbons (Fsp3) is 0.400. The van der Waals surface area contributed by atoms with E-state index in [9.17, 15) is 8.42 Å². The number of sulfonamides is 1. The number of piperazine rings is 1. The third kappa shape index (κ3) is 4.57. The molecule has 2 aromatic carbocycles. The molecule has 0 spiro atoms. The van der Waals surface area contributed by atoms with Gasteiger partial charge in [0.1, 0.15) is 0 Å². The van der Waals surface area contributed by atoms with E-state index in [0.717, 1.165) is 49.5 Å². The topological polar surface area (TPSA) is 52.6 Å². The normalized spacial score (nSPS) is 15.8. The maximum Gasteiger partial charge on any atom is 0.262 e. The Balaban J connectivity index is 1.91. The Morgan fingerprint density at radius 3 is 2.37 bits per heavy atom. The molecule has 1 fully saturated rings. The summed E-state index contributed by atoms with van der Waals surface area (Å²) in [7, 11) is -3.70. The zero-order valence-electron chi connectivity index (χ0n) is 16.0. The first-order valence-electron chi connectivity index (χ1n) is 9.17. The average molecular weight is 408 g/mol. The van der Waals surface area contributed by atoms with Crippen LogP contribution in [0.1, 0.15) is 18.1 Å². The minimum absolute atomic E-state index is 0.287. The van der Waals surface area contributed by atoms with Crippen LogP contribution in [-0.4, -0.2) is 46.0 Å². The van der Waals surface area contributed by atoms with Crippen LogP contribution in [-0.2, 0) is 10.0 Å². The first-order chi connectivity index (χ1) is 12.8. The predicted molar refractivity (Wildman–Crippen MR) is 113 cm³/mol. The van der Waals surface area contributed by atoms with Crippen molar-refractivity contribution in [3.63, 3.8) is 0 Å². The van der Waals surface area contributed by atoms with E-state index in [0.29, 0.717) is 10.7 Å². The van der Waals surface area contributed by atoms with Crippen molar-refractivity contribution in [3.05, 3.63) is 52.5 Å². The molecule has 1 saturated heterocycles. The van der Waals surface area contributed by atoms with Gasteiger partial charge in [-0.25, -0.2) is 8.42 Å². The molecule has 1 aliphatic rings. The minimum atomic E-state index is -3.70. The monoisotopic (exact) mass is 407 g/mol. The molecule has 0 atom stereocenters. The van der Waals surface area contributed by atoms with Crippen molar-refractivity contribution in [3.8, 4) is 0 Å². The fourth-order valence-electron chi connectivity index (χ4n) is 3.47. The van der Waals surface area contributed by atoms with Crippen molar-refractivity contribution in [2.75, 3.05) is 42.3 Å². The molecule has 0 aliphatic carbocycles. The van der Waals surface area contributed by atoms with E-state index >= 15 is 0 Å². The van der Waals surface area contributed by atoms with E-state index in [-0.39, 0.29) is 4.90 Å². The van der Waals surface area contributed by atoms with Crippen molar-refractivity contribution in [1.82, 2.24) is 4.90 Å². The number of hydrogen-bond acceptors (Lipinski definition) is 4. The lowest BCUT2D eigenvalue weighted by molar-refractivity contribution is 0.271. The first kappa shape index (κ1) is 20.0. The van der Waals surface area contributed by atoms with E-state index in [1.165, 1.54) is 0 Å². The lowest BCUT2D eigenvalue weighted by Crippen LogP contribution is -2.46. The van der Waals surface area contributed by atoms with E-state index in [4.69, 9.17) is 11.6 Å². The summed E-state index contributed by atoms with van der Waals surface area (Å²) in [5, 5.41) is 0.504. The largest absolute Gasteiger partial charge is 0.367 e. The van der Waals surface area contributed by atoms with Crippen LogP contribution in [0.4, 0.5) is 11.4 Å². The van der Waals surface area contributed by atoms with Crippen molar-refractivity contribution in [1.29, 1.82) is 0 Å². The van der Waals surface area contributed by atoms with E-state index < -0.39 is 10.0 Å². The molecule has 3 rings (SSSR count). The third-order valence-corrected chi connectivity index (χ3v) is 6.74. The Morgan fingerprint density at radius 2 is 1.74 bits per heavy atom. The number of rotatable bonds is 5. The molecule has 1 N–H and O–H groups in total. The molecule has 7 heteroatoms. The van der Waals surface area contributed by atoms with E-state index in [1.807, 2.05) is 32.0 Å². The molecular formula is C20H26ClN3O2S. The number of halogens is 1. The highest BCUT2D eigenvalue weighted by atomic mass is 35.5. The Morgan fingerprint density at radius 1 is 1.04 bits per heavy atom. The van der Waals surface area contributed by atoms with Gasteiger partial charge in [-0.2, -0.15) is 0 Å². The van der Waals surface area contributed by atoms with Crippen LogP contribution in [0.5, 0.6) is 0 Å². The Hall–Kier alpha value is -1.76. The maximum atomic E-state index is 13.0. The zero-order chi connectivity index (χ0) is 19.6. The molecular weight excluding hydrogens is 382 g/mol. The summed E-state index contributed by atoms with van der Waals surface area (Å²) in [5.41, 5.74) is 3.14. The van der Waals surface area contributed by atoms with Gasteiger partial charge in [-0.3, -0.25) is 4.72 Å². The predicted octanol–water partition coefficient (Wildman–Crippen LogP) is 3.90. The van der Waals surface area contributed by atoms with E-state index in [1.54, 1.807) is 18.2 Å². The lowest BCUT2D eigenvalue weighted by Gasteiger charge is -2.36. The van der Waals surface area contributed by atoms with Gasteiger partial charge in [0, 0.05) is 31.2 Å². The smallest absolute Gasteiger partial charge is 0.262 e. The summed E-state index contributed by atoms with van der Waals surface area (Å²) >= 11 is 6.17. The number of likely N-dealkylation sites (N-methyl/N-ethyl adjacent to an activating group) is 1. The first-order valence-corrected chi connectivity index (χ1v) is 11.0. The quantitative estimate of drug-likeness (QED) is 0.816. The molecule has 27 heavy (non-hydrogen) atoms. The number of nitrogens with one attached hydrogen (secondary N) is 1. The standard InChI is InChI=1S/C20H26ClN3O2S/c1-4-23-9-11-24(12-10-23)19-7-6-17(21)14-18(19)22-27(25,26)20-8-5-15(2)13-16(20)3/h5-8,13-14,22H,4,9-12H2,1-3H3. The van der Waals surface area contributed by atoms with Crippen LogP contribution in [0.3, 0.4) is 0 Å². The summed E-state index contributed by atoms with van der Waals surface area (Å²) < 4.78 is 28.8. The third-order valence-electron chi connectivity index (χ3n) is 4.98. The number of nitrogens with zero attached hydrogens (tertiary/aromatic N) is 2. The Labute approximate surface area is 167 Å². The molecule has 0 aromatic heterocycles. The van der Waals surface area contributed by atoms with Crippen molar-refractivity contribution in [2.24, 2.45) is 0 Å². The Bertz CT molecular complexity index is 923. The molecule has 5 nitrogen and oxygen atoms in total. The fourth-order valence-corrected chi connectivity index (χ4v) is 4.94. The molecule has 0 amide bonds. The van der Waals surface area contributed by atoms with Gasteiger partial charge in [-0.1, -0.05) is 36.2 Å².